The van der Waals surface area contributed by atoms with Crippen LogP contribution in [0.15, 0.2) is 11.5 Å². The smallest absolute Gasteiger partial charge is 0.195 e. The van der Waals surface area contributed by atoms with E-state index in [4.69, 9.17) is 5.21 Å². The lowest BCUT2D eigenvalue weighted by Gasteiger charge is -1.78. The standard InChI is InChI=1S/C4H6N4O/c1-8-3-5-4(7-8)2-6-9/h2-3,9H,1H3. The predicted molar refractivity (Wildman–Crippen MR) is 30.4 cm³/mol. The molecule has 5 heteroatoms. The predicted octanol–water partition coefficient (Wildman–Crippen LogP) is -0.377. The van der Waals surface area contributed by atoms with E-state index in [0.29, 0.717) is 5.82 Å². The maximum absolute atomic E-state index is 8.01. The van der Waals surface area contributed by atoms with Crippen LogP contribution >= 0.6 is 0 Å². The summed E-state index contributed by atoms with van der Waals surface area (Å²) in [6, 6.07) is 0. The molecule has 0 bridgehead atoms. The summed E-state index contributed by atoms with van der Waals surface area (Å²) in [6.45, 7) is 0. The fourth-order valence-corrected chi connectivity index (χ4v) is 0.467. The molecule has 1 N–H and O–H groups in total. The molecule has 0 saturated heterocycles. The number of rotatable bonds is 1. The van der Waals surface area contributed by atoms with E-state index < -0.39 is 0 Å². The van der Waals surface area contributed by atoms with E-state index >= 15 is 0 Å². The van der Waals surface area contributed by atoms with Gasteiger partial charge in [-0.25, -0.2) is 4.98 Å². The van der Waals surface area contributed by atoms with Crippen molar-refractivity contribution in [1.29, 1.82) is 0 Å². The van der Waals surface area contributed by atoms with E-state index in [9.17, 15) is 0 Å². The van der Waals surface area contributed by atoms with E-state index in [1.54, 1.807) is 7.05 Å². The number of aryl methyl sites for hydroxylation is 1. The highest BCUT2D eigenvalue weighted by Gasteiger charge is 1.90. The molecule has 9 heavy (non-hydrogen) atoms. The minimum Gasteiger partial charge on any atom is -0.411 e. The number of aromatic nitrogens is 3. The summed E-state index contributed by atoms with van der Waals surface area (Å²) in [5.41, 5.74) is 0. The molecule has 48 valence electrons. The molecule has 0 atom stereocenters. The molecule has 0 fully saturated rings. The number of hydrogen-bond donors (Lipinski definition) is 1. The minimum atomic E-state index is 0.403. The van der Waals surface area contributed by atoms with Crippen molar-refractivity contribution in [3.8, 4) is 0 Å². The molecule has 0 radical (unpaired) electrons. The number of oxime groups is 1. The monoisotopic (exact) mass is 126 g/mol. The maximum atomic E-state index is 8.01. The molecule has 1 heterocycles. The Morgan fingerprint density at radius 1 is 1.89 bits per heavy atom. The molecule has 0 aliphatic rings. The average molecular weight is 126 g/mol. The third-order valence-electron chi connectivity index (χ3n) is 0.791. The molecule has 0 aromatic carbocycles. The van der Waals surface area contributed by atoms with Crippen LogP contribution in [-0.2, 0) is 7.05 Å². The van der Waals surface area contributed by atoms with Gasteiger partial charge in [0.15, 0.2) is 5.82 Å². The summed E-state index contributed by atoms with van der Waals surface area (Å²) >= 11 is 0. The van der Waals surface area contributed by atoms with Crippen LogP contribution in [0.4, 0.5) is 0 Å². The van der Waals surface area contributed by atoms with Crippen molar-refractivity contribution in [2.45, 2.75) is 0 Å². The Morgan fingerprint density at radius 3 is 3.11 bits per heavy atom. The highest BCUT2D eigenvalue weighted by atomic mass is 16.4. The Kier molecular flexibility index (Phi) is 1.44. The van der Waals surface area contributed by atoms with Gasteiger partial charge in [0.1, 0.15) is 12.5 Å². The van der Waals surface area contributed by atoms with E-state index in [-0.39, 0.29) is 0 Å². The van der Waals surface area contributed by atoms with Crippen LogP contribution in [0.5, 0.6) is 0 Å². The fraction of sp³-hybridized carbons (Fsp3) is 0.250. The summed E-state index contributed by atoms with van der Waals surface area (Å²) in [5.74, 6) is 0.403. The van der Waals surface area contributed by atoms with Gasteiger partial charge in [-0.1, -0.05) is 5.16 Å². The molecule has 5 nitrogen and oxygen atoms in total. The Morgan fingerprint density at radius 2 is 2.67 bits per heavy atom. The Hall–Kier alpha value is -1.39. The molecule has 0 unspecified atom stereocenters. The van der Waals surface area contributed by atoms with Crippen molar-refractivity contribution in [1.82, 2.24) is 14.8 Å². The minimum absolute atomic E-state index is 0.403. The molecule has 0 spiro atoms. The zero-order valence-corrected chi connectivity index (χ0v) is 4.89. The van der Waals surface area contributed by atoms with Crippen molar-refractivity contribution in [2.75, 3.05) is 0 Å². The first-order chi connectivity index (χ1) is 4.33. The zero-order valence-electron chi connectivity index (χ0n) is 4.89. The lowest BCUT2D eigenvalue weighted by molar-refractivity contribution is 0.321. The Balaban J connectivity index is 2.85. The molecule has 0 aliphatic carbocycles. The van der Waals surface area contributed by atoms with Gasteiger partial charge in [0.25, 0.3) is 0 Å². The van der Waals surface area contributed by atoms with Crippen molar-refractivity contribution < 1.29 is 5.21 Å². The molecule has 1 rings (SSSR count). The SMILES string of the molecule is Cn1cnc(C=NO)n1. The third kappa shape index (κ3) is 1.25. The summed E-state index contributed by atoms with van der Waals surface area (Å²) in [4.78, 5) is 3.75. The quantitative estimate of drug-likeness (QED) is 0.317. The van der Waals surface area contributed by atoms with Crippen molar-refractivity contribution >= 4 is 6.21 Å². The van der Waals surface area contributed by atoms with Crippen molar-refractivity contribution in [2.24, 2.45) is 12.2 Å². The van der Waals surface area contributed by atoms with Crippen LogP contribution in [0.2, 0.25) is 0 Å². The van der Waals surface area contributed by atoms with Crippen LogP contribution in [0.1, 0.15) is 5.82 Å². The van der Waals surface area contributed by atoms with Crippen molar-refractivity contribution in [3.63, 3.8) is 0 Å². The van der Waals surface area contributed by atoms with Gasteiger partial charge in [0.2, 0.25) is 0 Å². The van der Waals surface area contributed by atoms with Gasteiger partial charge in [-0.3, -0.25) is 4.68 Å². The topological polar surface area (TPSA) is 63.3 Å². The second-order valence-corrected chi connectivity index (χ2v) is 1.52. The molecule has 1 aromatic heterocycles. The van der Waals surface area contributed by atoms with Gasteiger partial charge < -0.3 is 5.21 Å². The van der Waals surface area contributed by atoms with E-state index in [0.717, 1.165) is 0 Å². The van der Waals surface area contributed by atoms with Gasteiger partial charge >= 0.3 is 0 Å². The maximum Gasteiger partial charge on any atom is 0.195 e. The number of nitrogens with zero attached hydrogens (tertiary/aromatic N) is 4. The van der Waals surface area contributed by atoms with Crippen LogP contribution in [0.3, 0.4) is 0 Å². The fourth-order valence-electron chi connectivity index (χ4n) is 0.467. The largest absolute Gasteiger partial charge is 0.411 e. The first-order valence-corrected chi connectivity index (χ1v) is 2.36. The van der Waals surface area contributed by atoms with Crippen LogP contribution < -0.4 is 0 Å². The van der Waals surface area contributed by atoms with E-state index in [1.807, 2.05) is 0 Å². The van der Waals surface area contributed by atoms with Gasteiger partial charge in [-0.15, -0.1) is 0 Å². The van der Waals surface area contributed by atoms with Crippen LogP contribution in [0, 0.1) is 0 Å². The van der Waals surface area contributed by atoms with Gasteiger partial charge in [0.05, 0.1) is 0 Å². The summed E-state index contributed by atoms with van der Waals surface area (Å²) in [7, 11) is 1.74. The zero-order chi connectivity index (χ0) is 6.69. The molecular weight excluding hydrogens is 120 g/mol. The molecular formula is C4H6N4O. The summed E-state index contributed by atoms with van der Waals surface area (Å²) in [5, 5.41) is 14.6. The van der Waals surface area contributed by atoms with Gasteiger partial charge in [-0.05, 0) is 0 Å². The normalized spacial score (nSPS) is 10.8. The number of hydrogen-bond acceptors (Lipinski definition) is 4. The van der Waals surface area contributed by atoms with Crippen molar-refractivity contribution in [3.05, 3.63) is 12.2 Å². The van der Waals surface area contributed by atoms with Crippen LogP contribution in [0.25, 0.3) is 0 Å². The van der Waals surface area contributed by atoms with Crippen LogP contribution in [-0.4, -0.2) is 26.2 Å². The van der Waals surface area contributed by atoms with E-state index in [1.165, 1.54) is 17.2 Å². The molecule has 1 aromatic rings. The second-order valence-electron chi connectivity index (χ2n) is 1.52. The Labute approximate surface area is 51.6 Å². The summed E-state index contributed by atoms with van der Waals surface area (Å²) < 4.78 is 1.52. The van der Waals surface area contributed by atoms with Gasteiger partial charge in [-0.2, -0.15) is 5.10 Å². The first kappa shape index (κ1) is 5.74. The first-order valence-electron chi connectivity index (χ1n) is 2.36. The third-order valence-corrected chi connectivity index (χ3v) is 0.791. The lowest BCUT2D eigenvalue weighted by Crippen LogP contribution is -1.89. The summed E-state index contributed by atoms with van der Waals surface area (Å²) in [6.07, 6.45) is 2.69. The molecule has 0 saturated carbocycles. The lowest BCUT2D eigenvalue weighted by atomic mass is 10.7. The average Bonchev–Trinajstić information content (AvgIpc) is 2.17. The van der Waals surface area contributed by atoms with Gasteiger partial charge in [0, 0.05) is 7.05 Å². The highest BCUT2D eigenvalue weighted by molar-refractivity contribution is 5.73. The molecule has 0 amide bonds. The molecule has 0 aliphatic heterocycles. The highest BCUT2D eigenvalue weighted by Crippen LogP contribution is 1.80. The Bertz CT molecular complexity index is 216. The van der Waals surface area contributed by atoms with E-state index in [2.05, 4.69) is 15.2 Å². The second kappa shape index (κ2) is 2.25.